The molecule has 0 fully saturated rings. The second kappa shape index (κ2) is 14.5. The third-order valence-corrected chi connectivity index (χ3v) is 6.37. The Labute approximate surface area is 250 Å². The molecule has 5 N–H and O–H groups in total. The van der Waals surface area contributed by atoms with Crippen molar-refractivity contribution in [3.63, 3.8) is 0 Å². The summed E-state index contributed by atoms with van der Waals surface area (Å²) >= 11 is 0. The topological polar surface area (TPSA) is 108 Å². The SMILES string of the molecule is C=CC(=CC=CC(CCNc1[c-]c2c(c([NH3+])c1F)c(=O)c(C(=O)O)cn2C([CH2-])C)C1=CC=C(F)CC1)OC.[U+2]. The Bertz CT molecular complexity index is 1420. The van der Waals surface area contributed by atoms with Gasteiger partial charge in [0.2, 0.25) is 0 Å². The molecule has 0 amide bonds. The maximum absolute atomic E-state index is 15.3. The van der Waals surface area contributed by atoms with Crippen LogP contribution in [0.15, 0.2) is 71.2 Å². The molecule has 39 heavy (non-hydrogen) atoms. The number of aromatic carboxylic acids is 1. The Kier molecular flexibility index (Phi) is 12.0. The number of ether oxygens (including phenoxy) is 1. The first-order chi connectivity index (χ1) is 18.1. The molecule has 2 atom stereocenters. The van der Waals surface area contributed by atoms with E-state index in [-0.39, 0.29) is 65.1 Å². The summed E-state index contributed by atoms with van der Waals surface area (Å²) in [5, 5.41) is 12.3. The Hall–Kier alpha value is -2.93. The van der Waals surface area contributed by atoms with E-state index in [1.54, 1.807) is 32.3 Å². The number of methoxy groups -OCH3 is 1. The number of hydrogen-bond donors (Lipinski definition) is 3. The van der Waals surface area contributed by atoms with Gasteiger partial charge in [0.1, 0.15) is 17.1 Å². The zero-order chi connectivity index (χ0) is 28.0. The average Bonchev–Trinajstić information content (AvgIpc) is 2.88. The molecule has 3 rings (SSSR count). The van der Waals surface area contributed by atoms with Crippen LogP contribution in [0.2, 0.25) is 0 Å². The predicted molar refractivity (Wildman–Crippen MR) is 144 cm³/mol. The van der Waals surface area contributed by atoms with Crippen LogP contribution in [-0.4, -0.2) is 29.3 Å². The maximum Gasteiger partial charge on any atom is 2.00 e. The molecule has 1 aliphatic carbocycles. The standard InChI is InChI=1S/C29H31F2N3O4.U/c1-5-21(38-4)8-6-7-18(19-9-11-20(30)12-10-19)13-14-33-23-15-24-25(27(32)26(23)31)28(35)22(29(36)37)16-34(24)17(2)3;/h5-9,11,16-18,33H,1-2,10,12-14,32H2,3-4H3,(H,36,37);/q-2;+2/p+1. The van der Waals surface area contributed by atoms with Crippen LogP contribution in [0.1, 0.15) is 42.6 Å². The molecule has 0 saturated heterocycles. The van der Waals surface area contributed by atoms with E-state index in [0.29, 0.717) is 31.6 Å². The average molecular weight is 763 g/mol. The number of nitrogens with one attached hydrogen (secondary N) is 1. The van der Waals surface area contributed by atoms with E-state index in [9.17, 15) is 19.1 Å². The van der Waals surface area contributed by atoms with E-state index in [1.807, 2.05) is 12.2 Å². The maximum atomic E-state index is 15.3. The van der Waals surface area contributed by atoms with E-state index < -0.39 is 28.8 Å². The van der Waals surface area contributed by atoms with Crippen LogP contribution in [0, 0.1) is 55.8 Å². The van der Waals surface area contributed by atoms with Crippen molar-refractivity contribution in [1.29, 1.82) is 0 Å². The van der Waals surface area contributed by atoms with E-state index in [4.69, 9.17) is 4.74 Å². The zero-order valence-electron chi connectivity index (χ0n) is 22.0. The van der Waals surface area contributed by atoms with Crippen molar-refractivity contribution in [3.8, 4) is 0 Å². The number of carboxylic acids is 1. The second-order valence-corrected chi connectivity index (χ2v) is 8.99. The largest absolute Gasteiger partial charge is 2.00 e. The minimum Gasteiger partial charge on any atom is -0.497 e. The van der Waals surface area contributed by atoms with Crippen LogP contribution in [0.25, 0.3) is 10.9 Å². The Morgan fingerprint density at radius 2 is 2.10 bits per heavy atom. The fourth-order valence-electron chi connectivity index (χ4n) is 4.29. The Morgan fingerprint density at radius 1 is 1.38 bits per heavy atom. The van der Waals surface area contributed by atoms with E-state index in [2.05, 4.69) is 30.6 Å². The number of benzene rings is 1. The molecule has 7 nitrogen and oxygen atoms in total. The molecule has 0 saturated carbocycles. The van der Waals surface area contributed by atoms with Crippen molar-refractivity contribution < 1.29 is 60.3 Å². The monoisotopic (exact) mass is 762 g/mol. The number of nitrogens with zero attached hydrogens (tertiary/aromatic N) is 1. The van der Waals surface area contributed by atoms with Gasteiger partial charge in [-0.25, -0.2) is 9.18 Å². The molecule has 1 aromatic heterocycles. The van der Waals surface area contributed by atoms with Crippen LogP contribution in [-0.2, 0) is 4.74 Å². The van der Waals surface area contributed by atoms with Crippen molar-refractivity contribution in [2.75, 3.05) is 19.0 Å². The molecule has 1 aromatic carbocycles. The second-order valence-electron chi connectivity index (χ2n) is 8.99. The van der Waals surface area contributed by atoms with Crippen LogP contribution >= 0.6 is 0 Å². The van der Waals surface area contributed by atoms with E-state index in [1.165, 1.54) is 16.8 Å². The van der Waals surface area contributed by atoms with Gasteiger partial charge in [0.05, 0.1) is 18.6 Å². The summed E-state index contributed by atoms with van der Waals surface area (Å²) in [4.78, 5) is 24.4. The van der Waals surface area contributed by atoms with Gasteiger partial charge in [0.25, 0.3) is 0 Å². The number of quaternary nitrogens is 1. The van der Waals surface area contributed by atoms with Crippen molar-refractivity contribution in [2.45, 2.75) is 32.2 Å². The van der Waals surface area contributed by atoms with Crippen molar-refractivity contribution in [2.24, 2.45) is 5.92 Å². The van der Waals surface area contributed by atoms with Gasteiger partial charge in [-0.05, 0) is 48.1 Å². The number of anilines is 1. The van der Waals surface area contributed by atoms with Gasteiger partial charge in [-0.3, -0.25) is 4.39 Å². The zero-order valence-corrected chi connectivity index (χ0v) is 26.2. The Balaban J connectivity index is 0.00000533. The first kappa shape index (κ1) is 32.3. The molecular formula is C29H32F2N3O4U+. The number of fused-ring (bicyclic) bond motifs is 1. The molecule has 1 heterocycles. The number of rotatable bonds is 11. The van der Waals surface area contributed by atoms with Gasteiger partial charge in [-0.1, -0.05) is 48.9 Å². The smallest absolute Gasteiger partial charge is 0.497 e. The number of aromatic nitrogens is 1. The van der Waals surface area contributed by atoms with Gasteiger partial charge >= 0.3 is 37.1 Å². The summed E-state index contributed by atoms with van der Waals surface area (Å²) < 4.78 is 35.5. The van der Waals surface area contributed by atoms with Crippen LogP contribution in [0.4, 0.5) is 20.2 Å². The number of carbonyl (C=O) groups is 1. The molecule has 2 aromatic rings. The van der Waals surface area contributed by atoms with Crippen molar-refractivity contribution in [3.05, 3.63) is 101 Å². The molecule has 204 valence electrons. The third kappa shape index (κ3) is 7.59. The number of halogens is 2. The number of pyridine rings is 1. The predicted octanol–water partition coefficient (Wildman–Crippen LogP) is 5.17. The normalized spacial score (nSPS) is 15.3. The molecule has 10 heteroatoms. The molecule has 0 spiro atoms. The first-order valence-corrected chi connectivity index (χ1v) is 12.1. The summed E-state index contributed by atoms with van der Waals surface area (Å²) in [7, 11) is 1.54. The molecule has 0 bridgehead atoms. The molecular weight excluding hydrogens is 730 g/mol. The molecule has 0 radical (unpaired) electrons. The van der Waals surface area contributed by atoms with Gasteiger partial charge in [0, 0.05) is 19.2 Å². The van der Waals surface area contributed by atoms with Gasteiger partial charge < -0.3 is 37.2 Å². The van der Waals surface area contributed by atoms with E-state index >= 15 is 4.39 Å². The molecule has 1 aliphatic rings. The van der Waals surface area contributed by atoms with Crippen molar-refractivity contribution >= 4 is 28.2 Å². The van der Waals surface area contributed by atoms with E-state index in [0.717, 1.165) is 5.57 Å². The van der Waals surface area contributed by atoms with Gasteiger partial charge in [-0.15, -0.1) is 6.07 Å². The molecule has 2 unspecified atom stereocenters. The molecule has 0 aliphatic heterocycles. The summed E-state index contributed by atoms with van der Waals surface area (Å²) in [5.41, 5.74) is 3.45. The van der Waals surface area contributed by atoms with Gasteiger partial charge in [0.15, 0.2) is 5.43 Å². The van der Waals surface area contributed by atoms with Crippen LogP contribution in [0.3, 0.4) is 0 Å². The Morgan fingerprint density at radius 3 is 2.67 bits per heavy atom. The minimum atomic E-state index is -1.42. The van der Waals surface area contributed by atoms with Crippen LogP contribution in [0.5, 0.6) is 0 Å². The van der Waals surface area contributed by atoms with Crippen molar-refractivity contribution in [1.82, 2.24) is 4.57 Å². The number of hydrogen-bond acceptors (Lipinski definition) is 4. The summed E-state index contributed by atoms with van der Waals surface area (Å²) in [6, 6.07) is 2.43. The summed E-state index contributed by atoms with van der Waals surface area (Å²) in [6.45, 7) is 9.64. The van der Waals surface area contributed by atoms with Crippen LogP contribution < -0.4 is 16.5 Å². The summed E-state index contributed by atoms with van der Waals surface area (Å²) in [5.74, 6) is -1.85. The fraction of sp³-hybridized carbons (Fsp3) is 0.276. The third-order valence-electron chi connectivity index (χ3n) is 6.37. The quantitative estimate of drug-likeness (QED) is 0.167. The fourth-order valence-corrected chi connectivity index (χ4v) is 4.29. The number of carboxylic acid groups (broad SMARTS) is 1. The minimum absolute atomic E-state index is 0. The van der Waals surface area contributed by atoms with Gasteiger partial charge in [-0.2, -0.15) is 0 Å². The summed E-state index contributed by atoms with van der Waals surface area (Å²) in [6.07, 6.45) is 13.0. The first-order valence-electron chi connectivity index (χ1n) is 12.1. The number of allylic oxidation sites excluding steroid dienone is 8.